The number of nitrogens with two attached hydrogens (primary N) is 1. The lowest BCUT2D eigenvalue weighted by atomic mass is 10.3. The highest BCUT2D eigenvalue weighted by Gasteiger charge is 2.20. The van der Waals surface area contributed by atoms with Gasteiger partial charge in [0.25, 0.3) is 0 Å². The van der Waals surface area contributed by atoms with Crippen molar-refractivity contribution in [2.75, 3.05) is 7.11 Å². The Hall–Kier alpha value is -1.10. The molecule has 0 spiro atoms. The number of hydrogen-bond donors (Lipinski definition) is 1. The van der Waals surface area contributed by atoms with Crippen LogP contribution in [0.15, 0.2) is 0 Å². The first kappa shape index (κ1) is 9.90. The molecule has 0 heterocycles. The number of esters is 1. The van der Waals surface area contributed by atoms with E-state index in [-0.39, 0.29) is 5.91 Å². The summed E-state index contributed by atoms with van der Waals surface area (Å²) in [4.78, 5) is 21.4. The van der Waals surface area contributed by atoms with Gasteiger partial charge >= 0.3 is 5.97 Å². The molecular formula is C6H12N2O3. The molecule has 0 fully saturated rings. The minimum atomic E-state index is -0.725. The lowest BCUT2D eigenvalue weighted by Gasteiger charge is -2.19. The molecule has 0 aromatic carbocycles. The minimum Gasteiger partial charge on any atom is -0.467 e. The van der Waals surface area contributed by atoms with E-state index in [0.717, 1.165) is 5.01 Å². The van der Waals surface area contributed by atoms with E-state index in [1.54, 1.807) is 0 Å². The quantitative estimate of drug-likeness (QED) is 0.250. The molecule has 0 saturated carbocycles. The third-order valence-corrected chi connectivity index (χ3v) is 1.32. The van der Waals surface area contributed by atoms with Crippen LogP contribution >= 0.6 is 0 Å². The average molecular weight is 160 g/mol. The standard InChI is InChI=1S/C6H12N2O3/c1-4(6(10)11-3)8(7)5(2)9/h4H,7H2,1-3H3. The normalized spacial score (nSPS) is 12.0. The van der Waals surface area contributed by atoms with Gasteiger partial charge in [-0.25, -0.2) is 10.6 Å². The highest BCUT2D eigenvalue weighted by atomic mass is 16.5. The molecule has 1 atom stereocenters. The molecule has 1 amide bonds. The largest absolute Gasteiger partial charge is 0.467 e. The predicted octanol–water partition coefficient (Wildman–Crippen LogP) is -0.730. The fraction of sp³-hybridized carbons (Fsp3) is 0.667. The second kappa shape index (κ2) is 3.92. The summed E-state index contributed by atoms with van der Waals surface area (Å²) in [5, 5.41) is 0.825. The molecule has 0 saturated heterocycles. The van der Waals surface area contributed by atoms with Crippen LogP contribution in [-0.4, -0.2) is 30.0 Å². The number of rotatable bonds is 2. The van der Waals surface area contributed by atoms with Crippen LogP contribution in [0.25, 0.3) is 0 Å². The summed E-state index contributed by atoms with van der Waals surface area (Å²) in [5.74, 6) is 4.32. The third-order valence-electron chi connectivity index (χ3n) is 1.32. The van der Waals surface area contributed by atoms with Crippen molar-refractivity contribution in [2.45, 2.75) is 19.9 Å². The maximum Gasteiger partial charge on any atom is 0.329 e. The summed E-state index contributed by atoms with van der Waals surface area (Å²) in [5.41, 5.74) is 0. The van der Waals surface area contributed by atoms with Crippen molar-refractivity contribution in [3.8, 4) is 0 Å². The molecule has 1 unspecified atom stereocenters. The molecule has 0 aliphatic carbocycles. The van der Waals surface area contributed by atoms with E-state index in [1.165, 1.54) is 21.0 Å². The van der Waals surface area contributed by atoms with Crippen LogP contribution in [0.1, 0.15) is 13.8 Å². The second-order valence-corrected chi connectivity index (χ2v) is 2.13. The van der Waals surface area contributed by atoms with Crippen molar-refractivity contribution in [2.24, 2.45) is 5.84 Å². The first-order valence-electron chi connectivity index (χ1n) is 3.13. The summed E-state index contributed by atoms with van der Waals surface area (Å²) >= 11 is 0. The van der Waals surface area contributed by atoms with Crippen molar-refractivity contribution in [3.05, 3.63) is 0 Å². The van der Waals surface area contributed by atoms with E-state index < -0.39 is 12.0 Å². The fourth-order valence-electron chi connectivity index (χ4n) is 0.557. The van der Waals surface area contributed by atoms with Crippen LogP contribution in [0.5, 0.6) is 0 Å². The molecule has 0 aromatic heterocycles. The summed E-state index contributed by atoms with van der Waals surface area (Å²) in [6.45, 7) is 2.77. The van der Waals surface area contributed by atoms with Gasteiger partial charge in [-0.05, 0) is 6.92 Å². The number of carbonyl (C=O) groups excluding carboxylic acids is 2. The summed E-state index contributed by atoms with van der Waals surface area (Å²) in [6, 6.07) is -0.725. The van der Waals surface area contributed by atoms with E-state index in [4.69, 9.17) is 5.84 Å². The molecule has 64 valence electrons. The minimum absolute atomic E-state index is 0.372. The van der Waals surface area contributed by atoms with Gasteiger partial charge in [-0.3, -0.25) is 9.80 Å². The third kappa shape index (κ3) is 2.55. The second-order valence-electron chi connectivity index (χ2n) is 2.13. The van der Waals surface area contributed by atoms with E-state index in [0.29, 0.717) is 0 Å². The van der Waals surface area contributed by atoms with E-state index in [9.17, 15) is 9.59 Å². The van der Waals surface area contributed by atoms with Crippen molar-refractivity contribution < 1.29 is 14.3 Å². The number of carbonyl (C=O) groups is 2. The molecule has 11 heavy (non-hydrogen) atoms. The Morgan fingerprint density at radius 1 is 1.55 bits per heavy atom. The Bertz CT molecular complexity index is 169. The molecule has 0 rings (SSSR count). The van der Waals surface area contributed by atoms with Gasteiger partial charge in [0, 0.05) is 6.92 Å². The number of methoxy groups -OCH3 is 1. The van der Waals surface area contributed by atoms with Crippen LogP contribution in [0, 0.1) is 0 Å². The topological polar surface area (TPSA) is 72.6 Å². The molecule has 0 aliphatic rings. The van der Waals surface area contributed by atoms with Crippen molar-refractivity contribution in [1.82, 2.24) is 5.01 Å². The molecule has 5 nitrogen and oxygen atoms in total. The molecule has 0 radical (unpaired) electrons. The Morgan fingerprint density at radius 3 is 2.27 bits per heavy atom. The summed E-state index contributed by atoms with van der Waals surface area (Å²) < 4.78 is 4.37. The summed E-state index contributed by atoms with van der Waals surface area (Å²) in [6.07, 6.45) is 0. The van der Waals surface area contributed by atoms with Gasteiger partial charge in [-0.15, -0.1) is 0 Å². The number of amides is 1. The zero-order chi connectivity index (χ0) is 9.02. The Morgan fingerprint density at radius 2 is 2.00 bits per heavy atom. The van der Waals surface area contributed by atoms with Gasteiger partial charge in [0.1, 0.15) is 6.04 Å². The first-order valence-corrected chi connectivity index (χ1v) is 3.13. The molecule has 0 aliphatic heterocycles. The molecule has 0 aromatic rings. The summed E-state index contributed by atoms with van der Waals surface area (Å²) in [7, 11) is 1.24. The smallest absolute Gasteiger partial charge is 0.329 e. The van der Waals surface area contributed by atoms with E-state index >= 15 is 0 Å². The lowest BCUT2D eigenvalue weighted by Crippen LogP contribution is -2.47. The highest BCUT2D eigenvalue weighted by Crippen LogP contribution is 1.94. The number of ether oxygens (including phenoxy) is 1. The van der Waals surface area contributed by atoms with Crippen LogP contribution in [0.2, 0.25) is 0 Å². The first-order chi connectivity index (χ1) is 5.00. The van der Waals surface area contributed by atoms with Crippen molar-refractivity contribution >= 4 is 11.9 Å². The zero-order valence-corrected chi connectivity index (χ0v) is 6.83. The van der Waals surface area contributed by atoms with Gasteiger partial charge in [0.05, 0.1) is 7.11 Å². The number of hydrazine groups is 1. The van der Waals surface area contributed by atoms with E-state index in [2.05, 4.69) is 4.74 Å². The SMILES string of the molecule is COC(=O)C(C)N(N)C(C)=O. The van der Waals surface area contributed by atoms with Crippen molar-refractivity contribution in [3.63, 3.8) is 0 Å². The predicted molar refractivity (Wildman–Crippen MR) is 38.2 cm³/mol. The fourth-order valence-corrected chi connectivity index (χ4v) is 0.557. The molecule has 0 bridgehead atoms. The number of hydrogen-bond acceptors (Lipinski definition) is 4. The van der Waals surface area contributed by atoms with Crippen molar-refractivity contribution in [1.29, 1.82) is 0 Å². The molecule has 2 N–H and O–H groups in total. The van der Waals surface area contributed by atoms with Gasteiger partial charge in [-0.2, -0.15) is 0 Å². The van der Waals surface area contributed by atoms with Gasteiger partial charge < -0.3 is 4.74 Å². The maximum atomic E-state index is 10.8. The number of nitrogens with zero attached hydrogens (tertiary/aromatic N) is 1. The maximum absolute atomic E-state index is 10.8. The van der Waals surface area contributed by atoms with Gasteiger partial charge in [0.15, 0.2) is 0 Å². The van der Waals surface area contributed by atoms with Crippen LogP contribution < -0.4 is 5.84 Å². The van der Waals surface area contributed by atoms with Gasteiger partial charge in [0.2, 0.25) is 5.91 Å². The molecule has 5 heteroatoms. The lowest BCUT2D eigenvalue weighted by molar-refractivity contribution is -0.151. The van der Waals surface area contributed by atoms with Crippen LogP contribution in [-0.2, 0) is 14.3 Å². The molecular weight excluding hydrogens is 148 g/mol. The highest BCUT2D eigenvalue weighted by molar-refractivity contribution is 5.82. The Balaban J connectivity index is 4.12. The average Bonchev–Trinajstić information content (AvgIpc) is 2.00. The van der Waals surface area contributed by atoms with Crippen LogP contribution in [0.3, 0.4) is 0 Å². The Labute approximate surface area is 65.1 Å². The van der Waals surface area contributed by atoms with E-state index in [1.807, 2.05) is 0 Å². The van der Waals surface area contributed by atoms with Crippen LogP contribution in [0.4, 0.5) is 0 Å². The zero-order valence-electron chi connectivity index (χ0n) is 6.83. The Kier molecular flexibility index (Phi) is 3.53. The monoisotopic (exact) mass is 160 g/mol. The van der Waals surface area contributed by atoms with Gasteiger partial charge in [-0.1, -0.05) is 0 Å².